The minimum absolute atomic E-state index is 0.0891. The number of amides is 2. The molecule has 40 heavy (non-hydrogen) atoms. The van der Waals surface area contributed by atoms with Gasteiger partial charge in [0.15, 0.2) is 11.8 Å². The van der Waals surface area contributed by atoms with Gasteiger partial charge in [0, 0.05) is 49.2 Å². The average molecular weight is 546 g/mol. The van der Waals surface area contributed by atoms with Crippen LogP contribution >= 0.6 is 0 Å². The number of aromatic nitrogens is 1. The number of piperidine rings is 2. The summed E-state index contributed by atoms with van der Waals surface area (Å²) in [5, 5.41) is 6.56. The van der Waals surface area contributed by atoms with Crippen molar-refractivity contribution in [1.82, 2.24) is 20.1 Å². The molecule has 0 radical (unpaired) electrons. The van der Waals surface area contributed by atoms with Crippen molar-refractivity contribution in [1.29, 1.82) is 0 Å². The first-order valence-electron chi connectivity index (χ1n) is 14.2. The maximum atomic E-state index is 13.3. The minimum Gasteiger partial charge on any atom is -0.450 e. The number of hydrogen-bond donors (Lipinski definition) is 3. The molecular weight excluding hydrogens is 506 g/mol. The Bertz CT molecular complexity index is 1260. The number of pyridine rings is 1. The first-order valence-corrected chi connectivity index (χ1v) is 14.2. The molecule has 2 aromatic rings. The predicted octanol–water partition coefficient (Wildman–Crippen LogP) is 3.99. The first kappa shape index (κ1) is 27.6. The highest BCUT2D eigenvalue weighted by Crippen LogP contribution is 2.38. The Hall–Kier alpha value is -3.92. The summed E-state index contributed by atoms with van der Waals surface area (Å²) >= 11 is 0. The highest BCUT2D eigenvalue weighted by atomic mass is 16.6. The van der Waals surface area contributed by atoms with E-state index in [-0.39, 0.29) is 23.4 Å². The van der Waals surface area contributed by atoms with Crippen LogP contribution in [0.1, 0.15) is 54.9 Å². The zero-order chi connectivity index (χ0) is 28.0. The number of ether oxygens (including phenoxy) is 1. The number of nitrogens with zero attached hydrogens (tertiary/aromatic N) is 4. The molecule has 3 aliphatic heterocycles. The molecule has 2 fully saturated rings. The second-order valence-electron chi connectivity index (χ2n) is 10.8. The van der Waals surface area contributed by atoms with Crippen LogP contribution in [0.2, 0.25) is 0 Å². The largest absolute Gasteiger partial charge is 0.450 e. The Morgan fingerprint density at radius 2 is 1.93 bits per heavy atom. The van der Waals surface area contributed by atoms with Crippen molar-refractivity contribution < 1.29 is 14.3 Å². The fraction of sp³-hybridized carbons (Fsp3) is 0.467. The van der Waals surface area contributed by atoms with Gasteiger partial charge in [-0.2, -0.15) is 4.99 Å². The highest BCUT2D eigenvalue weighted by Gasteiger charge is 2.38. The third kappa shape index (κ3) is 6.44. The summed E-state index contributed by atoms with van der Waals surface area (Å²) in [7, 11) is 0. The summed E-state index contributed by atoms with van der Waals surface area (Å²) in [5.74, 6) is 0.797. The number of nitrogens with one attached hydrogen (secondary N) is 2. The van der Waals surface area contributed by atoms with Crippen LogP contribution < -0.4 is 16.4 Å². The molecule has 4 N–H and O–H groups in total. The fourth-order valence-electron chi connectivity index (χ4n) is 5.95. The van der Waals surface area contributed by atoms with Gasteiger partial charge in [0.05, 0.1) is 6.61 Å². The molecule has 212 valence electrons. The number of likely N-dealkylation sites (tertiary alicyclic amines) is 1. The number of benzene rings is 1. The summed E-state index contributed by atoms with van der Waals surface area (Å²) in [6.07, 6.45) is 8.61. The zero-order valence-corrected chi connectivity index (χ0v) is 23.2. The Morgan fingerprint density at radius 1 is 1.12 bits per heavy atom. The molecule has 10 heteroatoms. The number of carbonyl (C=O) groups is 2. The Labute approximate surface area is 235 Å². The van der Waals surface area contributed by atoms with Gasteiger partial charge in [0.25, 0.3) is 5.91 Å². The molecule has 0 saturated carbocycles. The van der Waals surface area contributed by atoms with Crippen LogP contribution in [0.3, 0.4) is 0 Å². The molecule has 1 spiro atoms. The number of aliphatic imine (C=N–C) groups is 1. The van der Waals surface area contributed by atoms with Gasteiger partial charge in [-0.15, -0.1) is 0 Å². The van der Waals surface area contributed by atoms with Gasteiger partial charge in [-0.25, -0.2) is 9.78 Å². The Balaban J connectivity index is 1.22. The molecular formula is C30H39N7O3. The van der Waals surface area contributed by atoms with Gasteiger partial charge >= 0.3 is 6.09 Å². The summed E-state index contributed by atoms with van der Waals surface area (Å²) in [5.41, 5.74) is 9.89. The maximum Gasteiger partial charge on any atom is 0.410 e. The molecule has 1 aromatic carbocycles. The second-order valence-corrected chi connectivity index (χ2v) is 10.8. The highest BCUT2D eigenvalue weighted by molar-refractivity contribution is 5.97. The number of rotatable bonds is 5. The molecule has 3 aliphatic rings. The molecule has 1 aromatic heterocycles. The summed E-state index contributed by atoms with van der Waals surface area (Å²) in [4.78, 5) is 38.0. The summed E-state index contributed by atoms with van der Waals surface area (Å²) in [6.45, 7) is 6.94. The van der Waals surface area contributed by atoms with E-state index in [0.29, 0.717) is 37.5 Å². The smallest absolute Gasteiger partial charge is 0.410 e. The van der Waals surface area contributed by atoms with Crippen molar-refractivity contribution in [3.8, 4) is 0 Å². The van der Waals surface area contributed by atoms with Gasteiger partial charge in [0.1, 0.15) is 0 Å². The van der Waals surface area contributed by atoms with E-state index in [4.69, 9.17) is 10.5 Å². The molecule has 0 atom stereocenters. The number of anilines is 1. The molecule has 0 aliphatic carbocycles. The SMILES string of the molecule is CCOC(=O)N1CC=C(c2cccnc2N=C(N)Nc2ccc(C(=O)N3CCCC4(CCNCC4)C3)cc2)CC1. The lowest BCUT2D eigenvalue weighted by molar-refractivity contribution is 0.0411. The lowest BCUT2D eigenvalue weighted by atomic mass is 9.73. The Morgan fingerprint density at radius 3 is 2.65 bits per heavy atom. The van der Waals surface area contributed by atoms with E-state index in [0.717, 1.165) is 62.3 Å². The van der Waals surface area contributed by atoms with Crippen molar-refractivity contribution in [2.45, 2.75) is 39.0 Å². The number of hydrogen-bond acceptors (Lipinski definition) is 6. The van der Waals surface area contributed by atoms with Crippen LogP contribution in [0.4, 0.5) is 16.3 Å². The average Bonchev–Trinajstić information content (AvgIpc) is 2.98. The van der Waals surface area contributed by atoms with Crippen LogP contribution in [0, 0.1) is 5.41 Å². The number of guanidine groups is 1. The molecule has 0 unspecified atom stereocenters. The lowest BCUT2D eigenvalue weighted by Gasteiger charge is -2.45. The number of carbonyl (C=O) groups excluding carboxylic acids is 2. The quantitative estimate of drug-likeness (QED) is 0.383. The van der Waals surface area contributed by atoms with E-state index in [9.17, 15) is 9.59 Å². The molecule has 0 bridgehead atoms. The van der Waals surface area contributed by atoms with E-state index in [1.807, 2.05) is 47.4 Å². The lowest BCUT2D eigenvalue weighted by Crippen LogP contribution is -2.50. The summed E-state index contributed by atoms with van der Waals surface area (Å²) < 4.78 is 5.11. The number of nitrogens with two attached hydrogens (primary N) is 1. The van der Waals surface area contributed by atoms with Crippen molar-refractivity contribution in [3.63, 3.8) is 0 Å². The van der Waals surface area contributed by atoms with E-state index in [2.05, 4.69) is 20.6 Å². The zero-order valence-electron chi connectivity index (χ0n) is 23.2. The van der Waals surface area contributed by atoms with Crippen molar-refractivity contribution in [3.05, 3.63) is 59.8 Å². The first-order chi connectivity index (χ1) is 19.5. The minimum atomic E-state index is -0.301. The van der Waals surface area contributed by atoms with Crippen molar-refractivity contribution in [2.75, 3.05) is 51.2 Å². The van der Waals surface area contributed by atoms with Gasteiger partial charge in [0.2, 0.25) is 0 Å². The molecule has 10 nitrogen and oxygen atoms in total. The third-order valence-corrected chi connectivity index (χ3v) is 8.11. The molecule has 5 rings (SSSR count). The second kappa shape index (κ2) is 12.5. The standard InChI is InChI=1S/C30H39N7O3/c1-2-40-29(39)36-19-10-22(11-20-36)25-5-3-15-33-26(25)35-28(31)34-24-8-6-23(7-9-24)27(38)37-18-4-12-30(21-37)13-16-32-17-14-30/h3,5-10,15,32H,2,4,11-14,16-21H2,1H3,(H3,31,33,34,35). The van der Waals surface area contributed by atoms with Crippen LogP contribution in [-0.4, -0.2) is 78.6 Å². The Kier molecular flexibility index (Phi) is 8.64. The molecule has 4 heterocycles. The van der Waals surface area contributed by atoms with Crippen molar-refractivity contribution >= 4 is 35.0 Å². The normalized spacial score (nSPS) is 19.2. The molecule has 2 saturated heterocycles. The van der Waals surface area contributed by atoms with Crippen LogP contribution in [0.5, 0.6) is 0 Å². The van der Waals surface area contributed by atoms with Crippen LogP contribution in [0.15, 0.2) is 53.7 Å². The van der Waals surface area contributed by atoms with Crippen molar-refractivity contribution in [2.24, 2.45) is 16.1 Å². The summed E-state index contributed by atoms with van der Waals surface area (Å²) in [6, 6.07) is 11.2. The molecule has 2 amide bonds. The van der Waals surface area contributed by atoms with Gasteiger partial charge in [-0.05, 0) is 99.5 Å². The van der Waals surface area contributed by atoms with E-state index < -0.39 is 0 Å². The fourth-order valence-corrected chi connectivity index (χ4v) is 5.95. The van der Waals surface area contributed by atoms with Crippen LogP contribution in [-0.2, 0) is 4.74 Å². The van der Waals surface area contributed by atoms with Gasteiger partial charge in [-0.1, -0.05) is 6.08 Å². The van der Waals surface area contributed by atoms with E-state index >= 15 is 0 Å². The van der Waals surface area contributed by atoms with Crippen LogP contribution in [0.25, 0.3) is 5.57 Å². The third-order valence-electron chi connectivity index (χ3n) is 8.11. The van der Waals surface area contributed by atoms with Gasteiger partial charge in [-0.3, -0.25) is 4.79 Å². The van der Waals surface area contributed by atoms with E-state index in [1.54, 1.807) is 18.0 Å². The predicted molar refractivity (Wildman–Crippen MR) is 156 cm³/mol. The maximum absolute atomic E-state index is 13.3. The van der Waals surface area contributed by atoms with E-state index in [1.165, 1.54) is 6.42 Å². The van der Waals surface area contributed by atoms with Gasteiger partial charge < -0.3 is 30.9 Å². The monoisotopic (exact) mass is 545 g/mol. The topological polar surface area (TPSA) is 125 Å².